The summed E-state index contributed by atoms with van der Waals surface area (Å²) in [5.74, 6) is -1.44. The Labute approximate surface area is 166 Å². The second kappa shape index (κ2) is 9.09. The number of amides is 3. The summed E-state index contributed by atoms with van der Waals surface area (Å²) in [6, 6.07) is 13.4. The van der Waals surface area contributed by atoms with E-state index >= 15 is 0 Å². The Morgan fingerprint density at radius 1 is 1.07 bits per heavy atom. The van der Waals surface area contributed by atoms with E-state index in [-0.39, 0.29) is 0 Å². The molecule has 0 aliphatic carbocycles. The van der Waals surface area contributed by atoms with E-state index in [0.29, 0.717) is 31.6 Å². The van der Waals surface area contributed by atoms with E-state index in [1.54, 1.807) is 23.5 Å². The van der Waals surface area contributed by atoms with Gasteiger partial charge in [0.15, 0.2) is 0 Å². The minimum atomic E-state index is -0.730. The molecule has 0 unspecified atom stereocenters. The van der Waals surface area contributed by atoms with Crippen LogP contribution in [0.3, 0.4) is 0 Å². The Balaban J connectivity index is 1.58. The smallest absolute Gasteiger partial charge is 0.313 e. The first-order valence-electron chi connectivity index (χ1n) is 8.80. The number of fused-ring (bicyclic) bond motifs is 1. The van der Waals surface area contributed by atoms with Gasteiger partial charge in [-0.2, -0.15) is 0 Å². The second-order valence-corrected chi connectivity index (χ2v) is 7.23. The van der Waals surface area contributed by atoms with Crippen LogP contribution in [-0.2, 0) is 14.4 Å². The molecule has 7 nitrogen and oxygen atoms in total. The molecule has 0 fully saturated rings. The molecule has 3 rings (SSSR count). The molecule has 8 heteroatoms. The minimum Gasteiger partial charge on any atom is -0.359 e. The first-order valence-corrected chi connectivity index (χ1v) is 9.62. The zero-order chi connectivity index (χ0) is 19.9. The monoisotopic (exact) mass is 396 g/mol. The van der Waals surface area contributed by atoms with Gasteiger partial charge in [-0.05, 0) is 55.3 Å². The highest BCUT2D eigenvalue weighted by atomic mass is 32.1. The van der Waals surface area contributed by atoms with Crippen LogP contribution in [0.1, 0.15) is 12.0 Å². The van der Waals surface area contributed by atoms with Gasteiger partial charge < -0.3 is 16.0 Å². The fourth-order valence-corrected chi connectivity index (χ4v) is 3.64. The van der Waals surface area contributed by atoms with E-state index < -0.39 is 11.8 Å². The molecule has 1 aromatic heterocycles. The van der Waals surface area contributed by atoms with E-state index in [0.717, 1.165) is 20.8 Å². The molecule has 28 heavy (non-hydrogen) atoms. The Bertz CT molecular complexity index is 998. The molecule has 0 aliphatic heterocycles. The quantitative estimate of drug-likeness (QED) is 0.324. The standard InChI is InChI=1S/C20H20N4O3S/c1-13-3-8-16-17(11-13)28-20(24-16)14-4-6-15(7-5-14)23-19(27)18(26)22-10-2-9-21-12-25/h3-8,11-12H,2,9-10H2,1H3,(H,21,25)(H,22,26)(H,23,27). The molecule has 3 N–H and O–H groups in total. The lowest BCUT2D eigenvalue weighted by Crippen LogP contribution is -2.36. The average molecular weight is 396 g/mol. The Kier molecular flexibility index (Phi) is 6.33. The lowest BCUT2D eigenvalue weighted by molar-refractivity contribution is -0.136. The largest absolute Gasteiger partial charge is 0.359 e. The highest BCUT2D eigenvalue weighted by Crippen LogP contribution is 2.31. The van der Waals surface area contributed by atoms with Crippen molar-refractivity contribution in [3.05, 3.63) is 48.0 Å². The van der Waals surface area contributed by atoms with Crippen molar-refractivity contribution in [2.45, 2.75) is 13.3 Å². The van der Waals surface area contributed by atoms with Gasteiger partial charge in [0.1, 0.15) is 5.01 Å². The number of carbonyl (C=O) groups is 3. The van der Waals surface area contributed by atoms with Crippen LogP contribution in [0.4, 0.5) is 5.69 Å². The van der Waals surface area contributed by atoms with Gasteiger partial charge in [0.25, 0.3) is 0 Å². The van der Waals surface area contributed by atoms with Gasteiger partial charge in [0, 0.05) is 24.3 Å². The number of hydrogen-bond donors (Lipinski definition) is 3. The highest BCUT2D eigenvalue weighted by molar-refractivity contribution is 7.21. The molecule has 1 heterocycles. The Morgan fingerprint density at radius 2 is 1.86 bits per heavy atom. The lowest BCUT2D eigenvalue weighted by Gasteiger charge is -2.07. The zero-order valence-electron chi connectivity index (χ0n) is 15.3. The predicted octanol–water partition coefficient (Wildman–Crippen LogP) is 2.46. The van der Waals surface area contributed by atoms with Crippen LogP contribution in [0.5, 0.6) is 0 Å². The van der Waals surface area contributed by atoms with Gasteiger partial charge in [0.05, 0.1) is 10.2 Å². The number of thiazole rings is 1. The van der Waals surface area contributed by atoms with Gasteiger partial charge in [-0.3, -0.25) is 14.4 Å². The number of nitrogens with one attached hydrogen (secondary N) is 3. The number of anilines is 1. The first-order chi connectivity index (χ1) is 13.6. The van der Waals surface area contributed by atoms with E-state index in [9.17, 15) is 14.4 Å². The van der Waals surface area contributed by atoms with Gasteiger partial charge in [-0.15, -0.1) is 11.3 Å². The number of nitrogens with zero attached hydrogens (tertiary/aromatic N) is 1. The molecule has 0 bridgehead atoms. The van der Waals surface area contributed by atoms with E-state index in [1.807, 2.05) is 24.3 Å². The molecule has 0 aliphatic rings. The van der Waals surface area contributed by atoms with E-state index in [2.05, 4.69) is 33.9 Å². The predicted molar refractivity (Wildman–Crippen MR) is 110 cm³/mol. The van der Waals surface area contributed by atoms with Crippen LogP contribution in [0.15, 0.2) is 42.5 Å². The molecular formula is C20H20N4O3S. The third-order valence-corrected chi connectivity index (χ3v) is 5.07. The number of aryl methyl sites for hydroxylation is 1. The minimum absolute atomic E-state index is 0.309. The number of carbonyl (C=O) groups excluding carboxylic acids is 3. The van der Waals surface area contributed by atoms with Gasteiger partial charge in [-0.1, -0.05) is 6.07 Å². The Hall–Kier alpha value is -3.26. The van der Waals surface area contributed by atoms with Crippen LogP contribution < -0.4 is 16.0 Å². The molecule has 2 aromatic carbocycles. The van der Waals surface area contributed by atoms with Crippen LogP contribution in [-0.4, -0.2) is 36.3 Å². The molecule has 0 saturated heterocycles. The number of aromatic nitrogens is 1. The molecule has 0 atom stereocenters. The summed E-state index contributed by atoms with van der Waals surface area (Å²) in [5, 5.41) is 8.46. The first kappa shape index (κ1) is 19.5. The number of benzene rings is 2. The fourth-order valence-electron chi connectivity index (χ4n) is 2.57. The van der Waals surface area contributed by atoms with Crippen molar-refractivity contribution in [2.24, 2.45) is 0 Å². The Morgan fingerprint density at radius 3 is 2.61 bits per heavy atom. The molecule has 0 radical (unpaired) electrons. The lowest BCUT2D eigenvalue weighted by atomic mass is 10.2. The van der Waals surface area contributed by atoms with Crippen molar-refractivity contribution in [1.29, 1.82) is 0 Å². The van der Waals surface area contributed by atoms with Crippen molar-refractivity contribution in [3.63, 3.8) is 0 Å². The summed E-state index contributed by atoms with van der Waals surface area (Å²) in [6.45, 7) is 2.80. The summed E-state index contributed by atoms with van der Waals surface area (Å²) in [4.78, 5) is 38.5. The summed E-state index contributed by atoms with van der Waals surface area (Å²) < 4.78 is 1.13. The highest BCUT2D eigenvalue weighted by Gasteiger charge is 2.13. The molecular weight excluding hydrogens is 376 g/mol. The number of rotatable bonds is 7. The molecule has 0 saturated carbocycles. The summed E-state index contributed by atoms with van der Waals surface area (Å²) in [5.41, 5.74) is 3.63. The van der Waals surface area contributed by atoms with E-state index in [1.165, 1.54) is 5.56 Å². The number of hydrogen-bond acceptors (Lipinski definition) is 5. The maximum atomic E-state index is 11.9. The summed E-state index contributed by atoms with van der Waals surface area (Å²) in [6.07, 6.45) is 1.14. The average Bonchev–Trinajstić information content (AvgIpc) is 3.11. The molecule has 144 valence electrons. The summed E-state index contributed by atoms with van der Waals surface area (Å²) in [7, 11) is 0. The van der Waals surface area contributed by atoms with Gasteiger partial charge >= 0.3 is 11.8 Å². The molecule has 0 spiro atoms. The van der Waals surface area contributed by atoms with Crippen molar-refractivity contribution in [2.75, 3.05) is 18.4 Å². The fraction of sp³-hybridized carbons (Fsp3) is 0.200. The SMILES string of the molecule is Cc1ccc2nc(-c3ccc(NC(=O)C(=O)NCCCNC=O)cc3)sc2c1. The van der Waals surface area contributed by atoms with Gasteiger partial charge in [-0.25, -0.2) is 4.98 Å². The normalized spacial score (nSPS) is 10.5. The zero-order valence-corrected chi connectivity index (χ0v) is 16.1. The van der Waals surface area contributed by atoms with Crippen LogP contribution in [0, 0.1) is 6.92 Å². The van der Waals surface area contributed by atoms with Gasteiger partial charge in [0.2, 0.25) is 6.41 Å². The molecule has 3 aromatic rings. The van der Waals surface area contributed by atoms with Crippen molar-refractivity contribution in [1.82, 2.24) is 15.6 Å². The molecule has 3 amide bonds. The van der Waals surface area contributed by atoms with Crippen molar-refractivity contribution < 1.29 is 14.4 Å². The maximum Gasteiger partial charge on any atom is 0.313 e. The van der Waals surface area contributed by atoms with Crippen LogP contribution in [0.25, 0.3) is 20.8 Å². The van der Waals surface area contributed by atoms with Crippen molar-refractivity contribution >= 4 is 45.5 Å². The maximum absolute atomic E-state index is 11.9. The van der Waals surface area contributed by atoms with Crippen LogP contribution in [0.2, 0.25) is 0 Å². The summed E-state index contributed by atoms with van der Waals surface area (Å²) >= 11 is 1.61. The third-order valence-electron chi connectivity index (χ3n) is 4.01. The second-order valence-electron chi connectivity index (χ2n) is 6.20. The van der Waals surface area contributed by atoms with E-state index in [4.69, 9.17) is 0 Å². The van der Waals surface area contributed by atoms with Crippen molar-refractivity contribution in [3.8, 4) is 10.6 Å². The topological polar surface area (TPSA) is 100 Å². The van der Waals surface area contributed by atoms with Crippen LogP contribution >= 0.6 is 11.3 Å². The third kappa shape index (κ3) is 4.92.